The highest BCUT2D eigenvalue weighted by atomic mass is 35.5. The lowest BCUT2D eigenvalue weighted by atomic mass is 9.96. The van der Waals surface area contributed by atoms with Crippen molar-refractivity contribution in [3.8, 4) is 17.0 Å². The minimum absolute atomic E-state index is 0.0950. The molecular weight excluding hydrogens is 748 g/mol. The van der Waals surface area contributed by atoms with Gasteiger partial charge in [0.2, 0.25) is 5.91 Å². The molecule has 0 aliphatic carbocycles. The van der Waals surface area contributed by atoms with Gasteiger partial charge in [0.1, 0.15) is 30.2 Å². The number of hydrogen-bond donors (Lipinski definition) is 1. The van der Waals surface area contributed by atoms with Gasteiger partial charge in [0.15, 0.2) is 5.65 Å². The Balaban J connectivity index is 0.882. The first-order valence-electron chi connectivity index (χ1n) is 18.5. The van der Waals surface area contributed by atoms with E-state index in [2.05, 4.69) is 25.4 Å². The molecular formula is C39H40ClF2N9O5. The zero-order chi connectivity index (χ0) is 38.8. The molecule has 3 fully saturated rings. The number of hydrogen-bond acceptors (Lipinski definition) is 9. The van der Waals surface area contributed by atoms with E-state index in [1.165, 1.54) is 46.0 Å². The maximum atomic E-state index is 13.7. The van der Waals surface area contributed by atoms with Crippen molar-refractivity contribution in [1.82, 2.24) is 39.1 Å². The number of carbonyl (C=O) groups excluding carboxylic acids is 3. The van der Waals surface area contributed by atoms with Crippen LogP contribution in [0.5, 0.6) is 5.75 Å². The Hall–Kier alpha value is -5.61. The standard InChI is InChI=1S/C39H40ClF2N9O5/c40-29-7-8-33(56-38(41)42)30(15-29)35-32(45-37(53)31-16-44-51-12-4-11-43-36(31)51)22-50(46-35)23-34(52)49-20-27-18-47(19-28(27)21-49)17-25-9-13-48(14-10-25)39(54)55-24-26-5-2-1-3-6-26/h1-8,11-12,15-16,22,25,27-28,38H,9-10,13-14,17-21,23-24H2,(H,45,53)/t27-,28+. The fraction of sp³-hybridized carbons (Fsp3) is 0.385. The number of benzene rings is 2. The molecule has 292 valence electrons. The van der Waals surface area contributed by atoms with Crippen molar-refractivity contribution in [2.75, 3.05) is 51.1 Å². The van der Waals surface area contributed by atoms with Crippen LogP contribution in [0, 0.1) is 17.8 Å². The zero-order valence-corrected chi connectivity index (χ0v) is 31.1. The minimum atomic E-state index is -3.12. The van der Waals surface area contributed by atoms with Gasteiger partial charge in [-0.3, -0.25) is 14.3 Å². The molecule has 3 aromatic heterocycles. The monoisotopic (exact) mass is 787 g/mol. The Morgan fingerprint density at radius 3 is 2.48 bits per heavy atom. The maximum absolute atomic E-state index is 13.7. The van der Waals surface area contributed by atoms with Crippen molar-refractivity contribution in [2.45, 2.75) is 32.6 Å². The molecule has 56 heavy (non-hydrogen) atoms. The molecule has 2 atom stereocenters. The molecule has 8 rings (SSSR count). The van der Waals surface area contributed by atoms with E-state index in [4.69, 9.17) is 21.1 Å². The van der Waals surface area contributed by atoms with Gasteiger partial charge in [-0.25, -0.2) is 14.3 Å². The Labute approximate surface area is 325 Å². The number of anilines is 1. The highest BCUT2D eigenvalue weighted by Gasteiger charge is 2.42. The summed E-state index contributed by atoms with van der Waals surface area (Å²) in [5.41, 5.74) is 1.83. The lowest BCUT2D eigenvalue weighted by Crippen LogP contribution is -2.42. The van der Waals surface area contributed by atoms with Crippen molar-refractivity contribution in [3.05, 3.63) is 95.5 Å². The second kappa shape index (κ2) is 16.2. The van der Waals surface area contributed by atoms with Crippen molar-refractivity contribution in [2.24, 2.45) is 17.8 Å². The summed E-state index contributed by atoms with van der Waals surface area (Å²) in [6.45, 7) is 2.36. The lowest BCUT2D eigenvalue weighted by Gasteiger charge is -2.33. The molecule has 3 aliphatic rings. The molecule has 6 heterocycles. The van der Waals surface area contributed by atoms with Gasteiger partial charge in [-0.15, -0.1) is 0 Å². The van der Waals surface area contributed by atoms with Crippen LogP contribution < -0.4 is 10.1 Å². The van der Waals surface area contributed by atoms with Gasteiger partial charge in [-0.1, -0.05) is 41.9 Å². The number of carbonyl (C=O) groups is 3. The van der Waals surface area contributed by atoms with Crippen LogP contribution in [-0.2, 0) is 22.7 Å². The molecule has 3 amide bonds. The van der Waals surface area contributed by atoms with E-state index >= 15 is 0 Å². The van der Waals surface area contributed by atoms with E-state index in [1.54, 1.807) is 17.2 Å². The third-order valence-electron chi connectivity index (χ3n) is 10.8. The van der Waals surface area contributed by atoms with Gasteiger partial charge in [0, 0.05) is 75.0 Å². The number of fused-ring (bicyclic) bond motifs is 2. The number of aromatic nitrogens is 5. The van der Waals surface area contributed by atoms with Gasteiger partial charge in [0.05, 0.1) is 11.9 Å². The van der Waals surface area contributed by atoms with E-state index in [0.717, 1.165) is 38.0 Å². The summed E-state index contributed by atoms with van der Waals surface area (Å²) in [6, 6.07) is 15.5. The van der Waals surface area contributed by atoms with Crippen LogP contribution in [0.1, 0.15) is 28.8 Å². The largest absolute Gasteiger partial charge is 0.445 e. The third-order valence-corrected chi connectivity index (χ3v) is 11.0. The van der Waals surface area contributed by atoms with Gasteiger partial charge in [-0.2, -0.15) is 19.0 Å². The summed E-state index contributed by atoms with van der Waals surface area (Å²) in [4.78, 5) is 50.2. The second-order valence-electron chi connectivity index (χ2n) is 14.5. The Morgan fingerprint density at radius 2 is 1.73 bits per heavy atom. The van der Waals surface area contributed by atoms with E-state index in [0.29, 0.717) is 49.6 Å². The number of nitrogens with one attached hydrogen (secondary N) is 1. The van der Waals surface area contributed by atoms with Crippen LogP contribution in [0.4, 0.5) is 19.3 Å². The second-order valence-corrected chi connectivity index (χ2v) is 15.0. The number of piperidine rings is 1. The highest BCUT2D eigenvalue weighted by Crippen LogP contribution is 2.38. The van der Waals surface area contributed by atoms with E-state index in [9.17, 15) is 23.2 Å². The van der Waals surface area contributed by atoms with Gasteiger partial charge < -0.3 is 29.5 Å². The van der Waals surface area contributed by atoms with E-state index in [-0.39, 0.29) is 58.4 Å². The summed E-state index contributed by atoms with van der Waals surface area (Å²) in [5, 5.41) is 11.8. The van der Waals surface area contributed by atoms with Gasteiger partial charge in [-0.05, 0) is 60.4 Å². The SMILES string of the molecule is O=C(Nc1cn(CC(=O)N2C[C@H]3CN(CC4CCN(C(=O)OCc5ccccc5)CC4)C[C@H]3C2)nc1-c1cc(Cl)ccc1OC(F)F)c1cnn2cccnc12. The van der Waals surface area contributed by atoms with Crippen LogP contribution in [0.25, 0.3) is 16.9 Å². The molecule has 3 saturated heterocycles. The molecule has 0 spiro atoms. The van der Waals surface area contributed by atoms with Crippen molar-refractivity contribution in [1.29, 1.82) is 0 Å². The van der Waals surface area contributed by atoms with Crippen LogP contribution >= 0.6 is 11.6 Å². The Morgan fingerprint density at radius 1 is 0.964 bits per heavy atom. The number of ether oxygens (including phenoxy) is 2. The average Bonchev–Trinajstić information content (AvgIpc) is 3.98. The zero-order valence-electron chi connectivity index (χ0n) is 30.3. The highest BCUT2D eigenvalue weighted by molar-refractivity contribution is 6.31. The first-order chi connectivity index (χ1) is 27.2. The van der Waals surface area contributed by atoms with Crippen LogP contribution in [0.3, 0.4) is 0 Å². The molecule has 14 nitrogen and oxygen atoms in total. The fourth-order valence-corrected chi connectivity index (χ4v) is 8.18. The molecule has 17 heteroatoms. The first kappa shape index (κ1) is 37.3. The summed E-state index contributed by atoms with van der Waals surface area (Å²) >= 11 is 6.27. The van der Waals surface area contributed by atoms with Gasteiger partial charge >= 0.3 is 12.7 Å². The number of alkyl halides is 2. The number of rotatable bonds is 11. The quantitative estimate of drug-likeness (QED) is 0.183. The van der Waals surface area contributed by atoms with Crippen molar-refractivity contribution in [3.63, 3.8) is 0 Å². The van der Waals surface area contributed by atoms with Crippen LogP contribution in [0.2, 0.25) is 5.02 Å². The average molecular weight is 788 g/mol. The van der Waals surface area contributed by atoms with Crippen LogP contribution in [0.15, 0.2) is 79.4 Å². The normalized spacial score (nSPS) is 18.8. The van der Waals surface area contributed by atoms with E-state index in [1.807, 2.05) is 35.2 Å². The third kappa shape index (κ3) is 8.31. The molecule has 0 unspecified atom stereocenters. The molecule has 0 bridgehead atoms. The first-order valence-corrected chi connectivity index (χ1v) is 18.9. The van der Waals surface area contributed by atoms with Crippen LogP contribution in [-0.4, -0.2) is 109 Å². The molecule has 0 radical (unpaired) electrons. The summed E-state index contributed by atoms with van der Waals surface area (Å²) in [5.74, 6) is 0.269. The lowest BCUT2D eigenvalue weighted by molar-refractivity contribution is -0.131. The minimum Gasteiger partial charge on any atom is -0.445 e. The molecule has 5 aromatic rings. The molecule has 2 aromatic carbocycles. The van der Waals surface area contributed by atoms with Gasteiger partial charge in [0.25, 0.3) is 5.91 Å². The number of halogens is 3. The van der Waals surface area contributed by atoms with Crippen molar-refractivity contribution < 1.29 is 32.6 Å². The number of likely N-dealkylation sites (tertiary alicyclic amines) is 3. The predicted molar refractivity (Wildman–Crippen MR) is 201 cm³/mol. The number of nitrogens with zero attached hydrogens (tertiary/aromatic N) is 8. The molecule has 1 N–H and O–H groups in total. The summed E-state index contributed by atoms with van der Waals surface area (Å²) in [7, 11) is 0. The molecule has 0 saturated carbocycles. The summed E-state index contributed by atoms with van der Waals surface area (Å²) < 4.78 is 40.0. The van der Waals surface area contributed by atoms with E-state index < -0.39 is 12.5 Å². The Kier molecular flexibility index (Phi) is 10.8. The fourth-order valence-electron chi connectivity index (χ4n) is 8.01. The maximum Gasteiger partial charge on any atom is 0.410 e. The summed E-state index contributed by atoms with van der Waals surface area (Å²) in [6.07, 6.45) is 7.62. The van der Waals surface area contributed by atoms with Crippen molar-refractivity contribution >= 4 is 40.8 Å². The predicted octanol–water partition coefficient (Wildman–Crippen LogP) is 5.54. The smallest absolute Gasteiger partial charge is 0.410 e. The topological polar surface area (TPSA) is 139 Å². The Bertz CT molecular complexity index is 2200. The number of amides is 3. The molecule has 3 aliphatic heterocycles.